The number of amides is 1. The Morgan fingerprint density at radius 1 is 1.32 bits per heavy atom. The third-order valence-electron chi connectivity index (χ3n) is 5.54. The summed E-state index contributed by atoms with van der Waals surface area (Å²) in [5, 5.41) is 13.8. The molecule has 0 saturated carbocycles. The van der Waals surface area contributed by atoms with Crippen LogP contribution in [0.3, 0.4) is 0 Å². The Morgan fingerprint density at radius 3 is 2.74 bits per heavy atom. The Hall–Kier alpha value is -3.38. The van der Waals surface area contributed by atoms with Crippen LogP contribution in [0.4, 0.5) is 20.8 Å². The van der Waals surface area contributed by atoms with Gasteiger partial charge in [-0.3, -0.25) is 15.0 Å². The molecule has 1 amide bonds. The van der Waals surface area contributed by atoms with Gasteiger partial charge in [-0.2, -0.15) is 0 Å². The molecule has 0 radical (unpaired) electrons. The molecule has 178 valence electrons. The number of anilines is 1. The van der Waals surface area contributed by atoms with Crippen molar-refractivity contribution in [2.24, 2.45) is 0 Å². The number of benzene rings is 1. The minimum Gasteiger partial charge on any atom is -0.442 e. The molecule has 3 heterocycles. The molecule has 2 aliphatic rings. The van der Waals surface area contributed by atoms with Gasteiger partial charge in [-0.05, 0) is 43.2 Å². The number of hydrogen-bond acceptors (Lipinski definition) is 7. The van der Waals surface area contributed by atoms with E-state index in [1.165, 1.54) is 23.1 Å². The van der Waals surface area contributed by atoms with E-state index in [1.54, 1.807) is 19.1 Å². The Balaban J connectivity index is 1.42. The van der Waals surface area contributed by atoms with Crippen LogP contribution in [0.25, 0.3) is 5.57 Å². The number of ether oxygens (including phenoxy) is 1. The summed E-state index contributed by atoms with van der Waals surface area (Å²) >= 11 is 10.4. The molecule has 1 aromatic heterocycles. The molecule has 2 aromatic rings. The van der Waals surface area contributed by atoms with Crippen molar-refractivity contribution in [3.05, 3.63) is 63.7 Å². The van der Waals surface area contributed by atoms with Gasteiger partial charge >= 0.3 is 12.0 Å². The molecule has 2 aliphatic heterocycles. The van der Waals surface area contributed by atoms with Gasteiger partial charge in [-0.1, -0.05) is 30.5 Å². The zero-order valence-corrected chi connectivity index (χ0v) is 19.8. The van der Waals surface area contributed by atoms with Crippen molar-refractivity contribution in [1.82, 2.24) is 10.2 Å². The van der Waals surface area contributed by atoms with E-state index in [9.17, 15) is 19.3 Å². The third kappa shape index (κ3) is 5.07. The van der Waals surface area contributed by atoms with Gasteiger partial charge in [-0.25, -0.2) is 9.18 Å². The van der Waals surface area contributed by atoms with Crippen LogP contribution in [0, 0.1) is 15.9 Å². The highest BCUT2D eigenvalue weighted by atomic mass is 32.1. The van der Waals surface area contributed by atoms with Crippen molar-refractivity contribution < 1.29 is 23.3 Å². The van der Waals surface area contributed by atoms with Crippen LogP contribution in [-0.4, -0.2) is 58.2 Å². The Bertz CT molecular complexity index is 1200. The zero-order chi connectivity index (χ0) is 24.4. The van der Waals surface area contributed by atoms with Crippen LogP contribution in [0.5, 0.6) is 0 Å². The largest absolute Gasteiger partial charge is 0.442 e. The first-order chi connectivity index (χ1) is 16.2. The van der Waals surface area contributed by atoms with Gasteiger partial charge in [0.15, 0.2) is 5.76 Å². The fourth-order valence-electron chi connectivity index (χ4n) is 3.82. The van der Waals surface area contributed by atoms with Crippen molar-refractivity contribution in [1.29, 1.82) is 0 Å². The molecule has 0 bridgehead atoms. The van der Waals surface area contributed by atoms with E-state index in [0.717, 1.165) is 5.57 Å². The number of nitrogens with one attached hydrogen (secondary N) is 1. The van der Waals surface area contributed by atoms with E-state index in [1.807, 2.05) is 11.0 Å². The SMILES string of the molecule is CC(=S)NCC1CN(c2ccc(C3=CCN(C(=S)c4ccc([N+](=O)[O-])o4)CC3)c(F)c2)C(=O)O1. The molecule has 1 unspecified atom stereocenters. The highest BCUT2D eigenvalue weighted by Gasteiger charge is 2.33. The lowest BCUT2D eigenvalue weighted by atomic mass is 9.98. The number of furan rings is 1. The van der Waals surface area contributed by atoms with E-state index in [0.29, 0.717) is 53.8 Å². The lowest BCUT2D eigenvalue weighted by Crippen LogP contribution is -2.33. The first-order valence-electron chi connectivity index (χ1n) is 10.5. The van der Waals surface area contributed by atoms with Crippen LogP contribution < -0.4 is 10.2 Å². The maximum absolute atomic E-state index is 15.0. The predicted octanol–water partition coefficient (Wildman–Crippen LogP) is 4.05. The monoisotopic (exact) mass is 504 g/mol. The first-order valence-corrected chi connectivity index (χ1v) is 11.3. The quantitative estimate of drug-likeness (QED) is 0.355. The summed E-state index contributed by atoms with van der Waals surface area (Å²) in [6, 6.07) is 7.41. The fraction of sp³-hybridized carbons (Fsp3) is 0.318. The molecular formula is C22H21FN4O5S2. The molecule has 1 atom stereocenters. The van der Waals surface area contributed by atoms with Gasteiger partial charge < -0.3 is 19.4 Å². The summed E-state index contributed by atoms with van der Waals surface area (Å²) in [6.07, 6.45) is 1.49. The van der Waals surface area contributed by atoms with E-state index in [4.69, 9.17) is 33.6 Å². The second kappa shape index (κ2) is 9.85. The number of cyclic esters (lactones) is 1. The molecule has 12 heteroatoms. The molecule has 9 nitrogen and oxygen atoms in total. The second-order valence-corrected chi connectivity index (χ2v) is 8.84. The third-order valence-corrected chi connectivity index (χ3v) is 6.15. The maximum Gasteiger partial charge on any atom is 0.433 e. The van der Waals surface area contributed by atoms with Crippen LogP contribution in [0.1, 0.15) is 24.7 Å². The van der Waals surface area contributed by atoms with Crippen molar-refractivity contribution in [2.45, 2.75) is 19.4 Å². The molecule has 1 aromatic carbocycles. The fourth-order valence-corrected chi connectivity index (χ4v) is 4.18. The number of hydrogen-bond donors (Lipinski definition) is 1. The van der Waals surface area contributed by atoms with E-state index in [-0.39, 0.29) is 17.7 Å². The molecular weight excluding hydrogens is 483 g/mol. The first kappa shape index (κ1) is 23.8. The summed E-state index contributed by atoms with van der Waals surface area (Å²) in [6.45, 7) is 3.36. The molecule has 0 spiro atoms. The molecule has 1 fully saturated rings. The summed E-state index contributed by atoms with van der Waals surface area (Å²) in [5.74, 6) is -0.558. The number of carbonyl (C=O) groups is 1. The van der Waals surface area contributed by atoms with Crippen LogP contribution in [-0.2, 0) is 4.74 Å². The van der Waals surface area contributed by atoms with E-state index >= 15 is 0 Å². The zero-order valence-electron chi connectivity index (χ0n) is 18.2. The number of rotatable bonds is 6. The summed E-state index contributed by atoms with van der Waals surface area (Å²) in [5.41, 5.74) is 1.69. The van der Waals surface area contributed by atoms with Crippen molar-refractivity contribution in [3.8, 4) is 0 Å². The molecule has 34 heavy (non-hydrogen) atoms. The molecule has 4 rings (SSSR count). The van der Waals surface area contributed by atoms with Gasteiger partial charge in [0.25, 0.3) is 0 Å². The maximum atomic E-state index is 15.0. The van der Waals surface area contributed by atoms with Crippen LogP contribution >= 0.6 is 24.4 Å². The van der Waals surface area contributed by atoms with E-state index in [2.05, 4.69) is 5.32 Å². The highest BCUT2D eigenvalue weighted by molar-refractivity contribution is 7.80. The number of thiocarbonyl (C=S) groups is 2. The van der Waals surface area contributed by atoms with Gasteiger partial charge in [-0.15, -0.1) is 0 Å². The number of carbonyl (C=O) groups excluding carboxylic acids is 1. The summed E-state index contributed by atoms with van der Waals surface area (Å²) < 4.78 is 25.5. The van der Waals surface area contributed by atoms with E-state index < -0.39 is 16.8 Å². The Morgan fingerprint density at radius 2 is 2.12 bits per heavy atom. The Kier molecular flexibility index (Phi) is 6.89. The average molecular weight is 505 g/mol. The minimum absolute atomic E-state index is 0.251. The second-order valence-electron chi connectivity index (χ2n) is 7.84. The lowest BCUT2D eigenvalue weighted by molar-refractivity contribution is -0.402. The van der Waals surface area contributed by atoms with Crippen molar-refractivity contribution in [3.63, 3.8) is 0 Å². The Labute approximate surface area is 205 Å². The average Bonchev–Trinajstić information content (AvgIpc) is 3.44. The van der Waals surface area contributed by atoms with Gasteiger partial charge in [0.1, 0.15) is 21.8 Å². The molecule has 1 N–H and O–H groups in total. The number of halogens is 1. The smallest absolute Gasteiger partial charge is 0.433 e. The van der Waals surface area contributed by atoms with Crippen molar-refractivity contribution >= 4 is 57.7 Å². The molecule has 0 aliphatic carbocycles. The number of nitrogens with zero attached hydrogens (tertiary/aromatic N) is 3. The van der Waals surface area contributed by atoms with Crippen LogP contribution in [0.2, 0.25) is 0 Å². The van der Waals surface area contributed by atoms with Gasteiger partial charge in [0, 0.05) is 18.7 Å². The molecule has 1 saturated heterocycles. The van der Waals surface area contributed by atoms with Crippen molar-refractivity contribution in [2.75, 3.05) is 31.1 Å². The highest BCUT2D eigenvalue weighted by Crippen LogP contribution is 2.30. The standard InChI is InChI=1S/C22H21FN4O5S2/c1-13(33)24-11-16-12-26(22(28)31-16)15-2-3-17(18(23)10-15)14-6-8-25(9-7-14)21(34)19-4-5-20(32-19)27(29)30/h2-6,10,16H,7-9,11-12H2,1H3,(H,24,33). The lowest BCUT2D eigenvalue weighted by Gasteiger charge is -2.28. The normalized spacial score (nSPS) is 17.9. The minimum atomic E-state index is -0.619. The number of nitro groups is 1. The van der Waals surface area contributed by atoms with Gasteiger partial charge in [0.05, 0.1) is 29.8 Å². The van der Waals surface area contributed by atoms with Crippen LogP contribution in [0.15, 0.2) is 40.8 Å². The van der Waals surface area contributed by atoms with Gasteiger partial charge in [0.2, 0.25) is 0 Å². The summed E-state index contributed by atoms with van der Waals surface area (Å²) in [4.78, 5) is 26.6. The predicted molar refractivity (Wildman–Crippen MR) is 132 cm³/mol. The summed E-state index contributed by atoms with van der Waals surface area (Å²) in [7, 11) is 0. The topological polar surface area (TPSA) is 101 Å².